The quantitative estimate of drug-likeness (QED) is 0.372. The Morgan fingerprint density at radius 1 is 1.00 bits per heavy atom. The molecule has 0 aliphatic rings. The van der Waals surface area contributed by atoms with Crippen LogP contribution < -0.4 is 4.74 Å². The number of hydrogen-bond donors (Lipinski definition) is 1. The zero-order valence-electron chi connectivity index (χ0n) is 18.5. The van der Waals surface area contributed by atoms with Gasteiger partial charge in [0.1, 0.15) is 17.2 Å². The highest BCUT2D eigenvalue weighted by Gasteiger charge is 2.23. The highest BCUT2D eigenvalue weighted by atomic mass is 16.5. The van der Waals surface area contributed by atoms with Crippen LogP contribution in [0.2, 0.25) is 0 Å². The maximum absolute atomic E-state index is 10.4. The van der Waals surface area contributed by atoms with E-state index < -0.39 is 6.10 Å². The number of para-hydroxylation sites is 1. The summed E-state index contributed by atoms with van der Waals surface area (Å²) in [5, 5.41) is 15.2. The summed E-state index contributed by atoms with van der Waals surface area (Å²) in [6, 6.07) is 23.7. The van der Waals surface area contributed by atoms with Crippen molar-refractivity contribution in [1.82, 2.24) is 14.7 Å². The highest BCUT2D eigenvalue weighted by Crippen LogP contribution is 2.34. The van der Waals surface area contributed by atoms with Gasteiger partial charge in [-0.05, 0) is 30.7 Å². The lowest BCUT2D eigenvalue weighted by atomic mass is 10.1. The predicted molar refractivity (Wildman–Crippen MR) is 124 cm³/mol. The second-order valence-electron chi connectivity index (χ2n) is 7.85. The van der Waals surface area contributed by atoms with E-state index in [0.717, 1.165) is 28.3 Å². The molecule has 166 valence electrons. The summed E-state index contributed by atoms with van der Waals surface area (Å²) in [4.78, 5) is 2.17. The summed E-state index contributed by atoms with van der Waals surface area (Å²) in [5.41, 5.74) is 2.86. The number of furan rings is 1. The lowest BCUT2D eigenvalue weighted by Gasteiger charge is -2.24. The molecule has 0 radical (unpaired) electrons. The number of hydrogen-bond acceptors (Lipinski definition) is 5. The van der Waals surface area contributed by atoms with E-state index in [4.69, 9.17) is 14.3 Å². The molecular weight excluding hydrogens is 402 g/mol. The molecule has 0 aliphatic heterocycles. The first kappa shape index (κ1) is 21.9. The average Bonchev–Trinajstić information content (AvgIpc) is 3.44. The summed E-state index contributed by atoms with van der Waals surface area (Å²) in [7, 11) is 1.89. The van der Waals surface area contributed by atoms with Gasteiger partial charge < -0.3 is 14.3 Å². The Bertz CT molecular complexity index is 1090. The van der Waals surface area contributed by atoms with Crippen molar-refractivity contribution in [3.8, 4) is 22.9 Å². The van der Waals surface area contributed by atoms with Gasteiger partial charge in [0.05, 0.1) is 24.5 Å². The summed E-state index contributed by atoms with van der Waals surface area (Å²) in [5.74, 6) is 2.29. The van der Waals surface area contributed by atoms with Crippen LogP contribution in [-0.4, -0.2) is 32.4 Å². The molecule has 4 rings (SSSR count). The average molecular weight is 432 g/mol. The minimum atomic E-state index is -0.430. The number of aliphatic hydroxyl groups excluding tert-OH is 1. The number of aliphatic hydroxyl groups is 1. The summed E-state index contributed by atoms with van der Waals surface area (Å²) in [6.45, 7) is 3.64. The molecule has 0 saturated heterocycles. The van der Waals surface area contributed by atoms with Crippen molar-refractivity contribution in [2.24, 2.45) is 7.05 Å². The first-order valence-electron chi connectivity index (χ1n) is 10.9. The fraction of sp³-hybridized carbons (Fsp3) is 0.269. The van der Waals surface area contributed by atoms with Crippen LogP contribution >= 0.6 is 0 Å². The third kappa shape index (κ3) is 5.28. The third-order valence-corrected chi connectivity index (χ3v) is 5.37. The lowest BCUT2D eigenvalue weighted by Crippen LogP contribution is -2.31. The van der Waals surface area contributed by atoms with Crippen molar-refractivity contribution in [3.05, 3.63) is 90.4 Å². The zero-order chi connectivity index (χ0) is 22.3. The molecule has 2 aromatic heterocycles. The molecule has 0 spiro atoms. The Morgan fingerprint density at radius 3 is 2.38 bits per heavy atom. The van der Waals surface area contributed by atoms with Crippen LogP contribution in [0.15, 0.2) is 83.5 Å². The molecule has 0 fully saturated rings. The van der Waals surface area contributed by atoms with Gasteiger partial charge in [-0.25, -0.2) is 4.68 Å². The molecule has 0 amide bonds. The fourth-order valence-corrected chi connectivity index (χ4v) is 3.71. The summed E-state index contributed by atoms with van der Waals surface area (Å²) >= 11 is 0. The van der Waals surface area contributed by atoms with Gasteiger partial charge in [0.15, 0.2) is 0 Å². The molecule has 0 bridgehead atoms. The Balaban J connectivity index is 1.72. The van der Waals surface area contributed by atoms with Crippen molar-refractivity contribution in [1.29, 1.82) is 0 Å². The molecule has 0 unspecified atom stereocenters. The number of aryl methyl sites for hydroxylation is 1. The minimum Gasteiger partial charge on any atom is -0.468 e. The van der Waals surface area contributed by atoms with E-state index in [1.807, 2.05) is 74.6 Å². The standard InChI is InChI=1S/C26H29N3O3/c1-3-21(30)17-29(18-23-15-10-16-31-23)19-24-25(20-11-6-4-7-12-20)27-28(2)26(24)32-22-13-8-5-9-14-22/h4-16,21,30H,3,17-19H2,1-2H3/t21-/m1/s1. The molecular formula is C26H29N3O3. The molecule has 1 N–H and O–H groups in total. The number of rotatable bonds is 10. The van der Waals surface area contributed by atoms with E-state index in [1.54, 1.807) is 10.9 Å². The van der Waals surface area contributed by atoms with Gasteiger partial charge in [0, 0.05) is 25.7 Å². The van der Waals surface area contributed by atoms with E-state index in [2.05, 4.69) is 17.0 Å². The Morgan fingerprint density at radius 2 is 1.72 bits per heavy atom. The zero-order valence-corrected chi connectivity index (χ0v) is 18.5. The molecule has 6 heteroatoms. The van der Waals surface area contributed by atoms with Gasteiger partial charge in [-0.1, -0.05) is 55.5 Å². The van der Waals surface area contributed by atoms with E-state index in [0.29, 0.717) is 31.9 Å². The molecule has 4 aromatic rings. The maximum Gasteiger partial charge on any atom is 0.222 e. The minimum absolute atomic E-state index is 0.430. The monoisotopic (exact) mass is 431 g/mol. The smallest absolute Gasteiger partial charge is 0.222 e. The molecule has 0 aliphatic carbocycles. The van der Waals surface area contributed by atoms with Crippen molar-refractivity contribution in [3.63, 3.8) is 0 Å². The van der Waals surface area contributed by atoms with Crippen LogP contribution in [0.4, 0.5) is 0 Å². The normalized spacial score (nSPS) is 12.2. The van der Waals surface area contributed by atoms with Crippen LogP contribution in [0.1, 0.15) is 24.7 Å². The number of aromatic nitrogens is 2. The van der Waals surface area contributed by atoms with Crippen LogP contribution in [-0.2, 0) is 20.1 Å². The van der Waals surface area contributed by atoms with Gasteiger partial charge in [-0.2, -0.15) is 5.10 Å². The molecule has 0 saturated carbocycles. The van der Waals surface area contributed by atoms with Crippen molar-refractivity contribution in [2.75, 3.05) is 6.54 Å². The highest BCUT2D eigenvalue weighted by molar-refractivity contribution is 5.65. The fourth-order valence-electron chi connectivity index (χ4n) is 3.71. The van der Waals surface area contributed by atoms with Crippen molar-refractivity contribution >= 4 is 0 Å². The van der Waals surface area contributed by atoms with E-state index in [9.17, 15) is 5.11 Å². The number of benzene rings is 2. The van der Waals surface area contributed by atoms with Crippen LogP contribution in [0, 0.1) is 0 Å². The van der Waals surface area contributed by atoms with Crippen LogP contribution in [0.25, 0.3) is 11.3 Å². The van der Waals surface area contributed by atoms with Gasteiger partial charge in [0.2, 0.25) is 5.88 Å². The molecule has 32 heavy (non-hydrogen) atoms. The lowest BCUT2D eigenvalue weighted by molar-refractivity contribution is 0.0970. The maximum atomic E-state index is 10.4. The second kappa shape index (κ2) is 10.3. The van der Waals surface area contributed by atoms with Gasteiger partial charge in [-0.3, -0.25) is 4.90 Å². The van der Waals surface area contributed by atoms with Gasteiger partial charge in [-0.15, -0.1) is 0 Å². The predicted octanol–water partition coefficient (Wildman–Crippen LogP) is 5.25. The van der Waals surface area contributed by atoms with E-state index >= 15 is 0 Å². The second-order valence-corrected chi connectivity index (χ2v) is 7.85. The largest absolute Gasteiger partial charge is 0.468 e. The first-order chi connectivity index (χ1) is 15.6. The Hall–Kier alpha value is -3.35. The summed E-state index contributed by atoms with van der Waals surface area (Å²) < 4.78 is 13.7. The van der Waals surface area contributed by atoms with Crippen LogP contribution in [0.3, 0.4) is 0 Å². The number of ether oxygens (including phenoxy) is 1. The van der Waals surface area contributed by atoms with Gasteiger partial charge in [0.25, 0.3) is 0 Å². The van der Waals surface area contributed by atoms with E-state index in [-0.39, 0.29) is 0 Å². The Kier molecular flexibility index (Phi) is 7.04. The molecule has 2 aromatic carbocycles. The SMILES string of the molecule is CC[C@@H](O)CN(Cc1ccco1)Cc1c(-c2ccccc2)nn(C)c1Oc1ccccc1. The molecule has 2 heterocycles. The van der Waals surface area contributed by atoms with Crippen LogP contribution in [0.5, 0.6) is 11.6 Å². The van der Waals surface area contributed by atoms with Crippen molar-refractivity contribution < 1.29 is 14.3 Å². The number of nitrogens with zero attached hydrogens (tertiary/aromatic N) is 3. The van der Waals surface area contributed by atoms with Gasteiger partial charge >= 0.3 is 0 Å². The topological polar surface area (TPSA) is 63.7 Å². The third-order valence-electron chi connectivity index (χ3n) is 5.37. The molecule has 1 atom stereocenters. The first-order valence-corrected chi connectivity index (χ1v) is 10.9. The van der Waals surface area contributed by atoms with Crippen molar-refractivity contribution in [2.45, 2.75) is 32.5 Å². The van der Waals surface area contributed by atoms with E-state index in [1.165, 1.54) is 0 Å². The Labute approximate surface area is 188 Å². The summed E-state index contributed by atoms with van der Waals surface area (Å²) in [6.07, 6.45) is 1.92. The molecule has 6 nitrogen and oxygen atoms in total.